The average molecular weight is 327 g/mol. The van der Waals surface area contributed by atoms with Crippen molar-refractivity contribution in [3.8, 4) is 0 Å². The summed E-state index contributed by atoms with van der Waals surface area (Å²) in [6.07, 6.45) is -5.38. The van der Waals surface area contributed by atoms with Crippen molar-refractivity contribution >= 4 is 0 Å². The second kappa shape index (κ2) is 5.58. The summed E-state index contributed by atoms with van der Waals surface area (Å²) in [5, 5.41) is 0. The number of likely N-dealkylation sites (tertiary alicyclic amines) is 1. The monoisotopic (exact) mass is 327 g/mol. The van der Waals surface area contributed by atoms with E-state index in [0.717, 1.165) is 38.0 Å². The summed E-state index contributed by atoms with van der Waals surface area (Å²) in [6, 6.07) is 0.0119. The fourth-order valence-electron chi connectivity index (χ4n) is 3.28. The van der Waals surface area contributed by atoms with Gasteiger partial charge in [0.15, 0.2) is 0 Å². The number of allylic oxidation sites excluding steroid dienone is 3. The van der Waals surface area contributed by atoms with Crippen LogP contribution in [0.3, 0.4) is 0 Å². The summed E-state index contributed by atoms with van der Waals surface area (Å²) in [5.74, 6) is -1.64. The molecule has 22 heavy (non-hydrogen) atoms. The minimum Gasteiger partial charge on any atom is -0.300 e. The molecule has 1 aliphatic heterocycles. The Morgan fingerprint density at radius 3 is 2.32 bits per heavy atom. The maximum absolute atomic E-state index is 13.4. The molecule has 1 nitrogen and oxygen atoms in total. The molecule has 2 aliphatic rings. The molecule has 1 aliphatic carbocycles. The van der Waals surface area contributed by atoms with Crippen molar-refractivity contribution in [1.82, 2.24) is 4.90 Å². The molecule has 0 aromatic rings. The molecule has 0 bridgehead atoms. The Labute approximate surface area is 125 Å². The first kappa shape index (κ1) is 17.4. The smallest absolute Gasteiger partial charge is 0.300 e. The summed E-state index contributed by atoms with van der Waals surface area (Å²) in [7, 11) is 0. The van der Waals surface area contributed by atoms with E-state index in [1.165, 1.54) is 0 Å². The lowest BCUT2D eigenvalue weighted by molar-refractivity contribution is -0.221. The van der Waals surface area contributed by atoms with Gasteiger partial charge >= 0.3 is 12.4 Å². The summed E-state index contributed by atoms with van der Waals surface area (Å²) >= 11 is 0. The third-order valence-electron chi connectivity index (χ3n) is 4.86. The lowest BCUT2D eigenvalue weighted by Crippen LogP contribution is -2.49. The molecule has 0 N–H and O–H groups in total. The molecule has 0 aromatic heterocycles. The van der Waals surface area contributed by atoms with Crippen LogP contribution in [-0.2, 0) is 0 Å². The Kier molecular flexibility index (Phi) is 4.41. The number of alkyl halides is 6. The number of halogens is 6. The molecular weight excluding hydrogens is 308 g/mol. The van der Waals surface area contributed by atoms with Crippen LogP contribution >= 0.6 is 0 Å². The molecule has 3 unspecified atom stereocenters. The molecule has 2 rings (SSSR count). The molecule has 0 aromatic carbocycles. The third-order valence-corrected chi connectivity index (χ3v) is 4.86. The normalized spacial score (nSPS) is 34.1. The first-order valence-electron chi connectivity index (χ1n) is 7.24. The number of hydrogen-bond donors (Lipinski definition) is 0. The topological polar surface area (TPSA) is 3.24 Å². The molecule has 7 heteroatoms. The second-order valence-electron chi connectivity index (χ2n) is 6.30. The maximum atomic E-state index is 13.4. The van der Waals surface area contributed by atoms with Gasteiger partial charge in [0, 0.05) is 24.1 Å². The van der Waals surface area contributed by atoms with Gasteiger partial charge in [0.25, 0.3) is 0 Å². The quantitative estimate of drug-likeness (QED) is 0.664. The highest BCUT2D eigenvalue weighted by Crippen LogP contribution is 2.53. The molecule has 1 saturated heterocycles. The van der Waals surface area contributed by atoms with Gasteiger partial charge < -0.3 is 4.90 Å². The summed E-state index contributed by atoms with van der Waals surface area (Å²) in [6.45, 7) is 3.01. The summed E-state index contributed by atoms with van der Waals surface area (Å²) < 4.78 is 79.9. The van der Waals surface area contributed by atoms with Crippen LogP contribution in [-0.4, -0.2) is 36.4 Å². The Hall–Kier alpha value is -0.980. The van der Waals surface area contributed by atoms with Gasteiger partial charge in [0.2, 0.25) is 0 Å². The van der Waals surface area contributed by atoms with Gasteiger partial charge in [-0.25, -0.2) is 0 Å². The molecule has 0 saturated carbocycles. The molecule has 126 valence electrons. The zero-order chi connectivity index (χ0) is 16.8. The first-order chi connectivity index (χ1) is 9.97. The fourth-order valence-corrected chi connectivity index (χ4v) is 3.28. The predicted molar refractivity (Wildman–Crippen MR) is 71.2 cm³/mol. The van der Waals surface area contributed by atoms with Gasteiger partial charge in [0.05, 0.1) is 5.41 Å². The van der Waals surface area contributed by atoms with Gasteiger partial charge in [-0.15, -0.1) is 0 Å². The lowest BCUT2D eigenvalue weighted by Gasteiger charge is -2.42. The van der Waals surface area contributed by atoms with Crippen LogP contribution in [0.4, 0.5) is 26.3 Å². The van der Waals surface area contributed by atoms with Crippen LogP contribution < -0.4 is 0 Å². The Balaban J connectivity index is 2.39. The maximum Gasteiger partial charge on any atom is 0.413 e. The van der Waals surface area contributed by atoms with E-state index in [9.17, 15) is 26.3 Å². The number of hydrogen-bond acceptors (Lipinski definition) is 1. The van der Waals surface area contributed by atoms with E-state index in [0.29, 0.717) is 6.54 Å². The van der Waals surface area contributed by atoms with E-state index < -0.39 is 29.3 Å². The molecule has 0 amide bonds. The lowest BCUT2D eigenvalue weighted by atomic mass is 9.69. The van der Waals surface area contributed by atoms with Crippen LogP contribution in [0.15, 0.2) is 23.8 Å². The Morgan fingerprint density at radius 1 is 1.23 bits per heavy atom. The fraction of sp³-hybridized carbons (Fsp3) is 0.733. The van der Waals surface area contributed by atoms with Gasteiger partial charge in [-0.2, -0.15) is 26.3 Å². The molecular formula is C15H19F6N. The van der Waals surface area contributed by atoms with E-state index in [-0.39, 0.29) is 12.6 Å². The number of rotatable bonds is 2. The van der Waals surface area contributed by atoms with Gasteiger partial charge in [-0.1, -0.05) is 18.2 Å². The van der Waals surface area contributed by atoms with Crippen molar-refractivity contribution in [2.24, 2.45) is 11.3 Å². The Bertz CT molecular complexity index is 475. The van der Waals surface area contributed by atoms with Crippen molar-refractivity contribution in [2.75, 3.05) is 13.1 Å². The van der Waals surface area contributed by atoms with E-state index >= 15 is 0 Å². The first-order valence-corrected chi connectivity index (χ1v) is 7.24. The van der Waals surface area contributed by atoms with Crippen LogP contribution in [0.2, 0.25) is 0 Å². The number of nitrogens with zero attached hydrogens (tertiary/aromatic N) is 1. The summed E-state index contributed by atoms with van der Waals surface area (Å²) in [5.41, 5.74) is -3.59. The minimum atomic E-state index is -4.76. The van der Waals surface area contributed by atoms with Gasteiger partial charge in [-0.05, 0) is 33.2 Å². The van der Waals surface area contributed by atoms with Gasteiger partial charge in [-0.3, -0.25) is 0 Å². The molecule has 0 radical (unpaired) electrons. The van der Waals surface area contributed by atoms with Crippen LogP contribution in [0.25, 0.3) is 0 Å². The van der Waals surface area contributed by atoms with Crippen molar-refractivity contribution in [3.05, 3.63) is 23.8 Å². The van der Waals surface area contributed by atoms with Crippen molar-refractivity contribution in [3.63, 3.8) is 0 Å². The second-order valence-corrected chi connectivity index (χ2v) is 6.30. The molecule has 3 atom stereocenters. The van der Waals surface area contributed by atoms with Crippen molar-refractivity contribution in [2.45, 2.75) is 45.1 Å². The van der Waals surface area contributed by atoms with E-state index in [1.54, 1.807) is 4.90 Å². The standard InChI is InChI=1S/C15H19F6N/c1-10-5-4-8-22(10)9-12-11(14(16,17)18)6-3-7-13(12,2)15(19,20)21/h3,6-7,10,12H,4-5,8-9H2,1-2H3. The average Bonchev–Trinajstić information content (AvgIpc) is 2.75. The minimum absolute atomic E-state index is 0.0119. The summed E-state index contributed by atoms with van der Waals surface area (Å²) in [4.78, 5) is 1.73. The van der Waals surface area contributed by atoms with E-state index in [2.05, 4.69) is 0 Å². The van der Waals surface area contributed by atoms with Crippen LogP contribution in [0.1, 0.15) is 26.7 Å². The van der Waals surface area contributed by atoms with Crippen LogP contribution in [0, 0.1) is 11.3 Å². The highest BCUT2D eigenvalue weighted by atomic mass is 19.4. The van der Waals surface area contributed by atoms with Crippen LogP contribution in [0.5, 0.6) is 0 Å². The predicted octanol–water partition coefficient (Wildman–Crippen LogP) is 4.71. The highest BCUT2D eigenvalue weighted by molar-refractivity contribution is 5.31. The third kappa shape index (κ3) is 3.05. The highest BCUT2D eigenvalue weighted by Gasteiger charge is 2.59. The largest absolute Gasteiger partial charge is 0.413 e. The Morgan fingerprint density at radius 2 is 1.86 bits per heavy atom. The van der Waals surface area contributed by atoms with Crippen molar-refractivity contribution in [1.29, 1.82) is 0 Å². The van der Waals surface area contributed by atoms with E-state index in [1.807, 2.05) is 6.92 Å². The zero-order valence-corrected chi connectivity index (χ0v) is 12.4. The zero-order valence-electron chi connectivity index (χ0n) is 12.4. The SMILES string of the molecule is CC1CCCN1CC1C(C(F)(F)F)=CC=CC1(C)C(F)(F)F. The molecule has 0 spiro atoms. The van der Waals surface area contributed by atoms with Gasteiger partial charge in [0.1, 0.15) is 0 Å². The molecule has 1 fully saturated rings. The van der Waals surface area contributed by atoms with E-state index in [4.69, 9.17) is 0 Å². The van der Waals surface area contributed by atoms with Crippen molar-refractivity contribution < 1.29 is 26.3 Å². The molecule has 1 heterocycles.